The fourth-order valence-electron chi connectivity index (χ4n) is 4.42. The summed E-state index contributed by atoms with van der Waals surface area (Å²) < 4.78 is 37.4. The second-order valence-electron chi connectivity index (χ2n) is 7.81. The van der Waals surface area contributed by atoms with Crippen molar-refractivity contribution in [3.63, 3.8) is 0 Å². The summed E-state index contributed by atoms with van der Waals surface area (Å²) in [6, 6.07) is 1.87. The molecule has 1 unspecified atom stereocenters. The number of ether oxygens (including phenoxy) is 1. The Labute approximate surface area is 154 Å². The van der Waals surface area contributed by atoms with Gasteiger partial charge in [0.2, 0.25) is 10.0 Å². The van der Waals surface area contributed by atoms with Gasteiger partial charge in [-0.05, 0) is 44.6 Å². The molecule has 0 radical (unpaired) electrons. The number of carbonyl (C=O) groups excluding carboxylic acids is 1. The number of likely N-dealkylation sites (tertiary alicyclic amines) is 1. The molecule has 0 aromatic carbocycles. The lowest BCUT2D eigenvalue weighted by Crippen LogP contribution is -2.55. The van der Waals surface area contributed by atoms with Crippen LogP contribution in [0.4, 0.5) is 0 Å². The Morgan fingerprint density at radius 2 is 1.96 bits per heavy atom. The van der Waals surface area contributed by atoms with Crippen LogP contribution in [0.1, 0.15) is 48.9 Å². The lowest BCUT2D eigenvalue weighted by molar-refractivity contribution is -0.123. The van der Waals surface area contributed by atoms with Crippen LogP contribution in [0.5, 0.6) is 0 Å². The number of amides is 1. The zero-order valence-corrected chi connectivity index (χ0v) is 15.9. The van der Waals surface area contributed by atoms with Gasteiger partial charge in [-0.25, -0.2) is 8.42 Å². The van der Waals surface area contributed by atoms with Crippen LogP contribution < -0.4 is 0 Å². The summed E-state index contributed by atoms with van der Waals surface area (Å²) >= 11 is 0. The maximum Gasteiger partial charge on any atom is 0.257 e. The largest absolute Gasteiger partial charge is 0.472 e. The number of furan rings is 1. The number of piperidine rings is 1. The molecule has 0 bridgehead atoms. The van der Waals surface area contributed by atoms with Crippen LogP contribution in [0, 0.1) is 0 Å². The van der Waals surface area contributed by atoms with Crippen LogP contribution in [0.2, 0.25) is 0 Å². The molecule has 26 heavy (non-hydrogen) atoms. The molecular formula is C18H26N2O5S. The molecule has 7 nitrogen and oxygen atoms in total. The molecule has 2 aliphatic heterocycles. The molecule has 3 heterocycles. The molecule has 1 aliphatic carbocycles. The molecule has 1 spiro atoms. The van der Waals surface area contributed by atoms with Crippen molar-refractivity contribution in [1.29, 1.82) is 0 Å². The summed E-state index contributed by atoms with van der Waals surface area (Å²) in [6.07, 6.45) is 9.19. The average Bonchev–Trinajstić information content (AvgIpc) is 3.25. The van der Waals surface area contributed by atoms with E-state index in [1.807, 2.05) is 4.90 Å². The van der Waals surface area contributed by atoms with Gasteiger partial charge in [0, 0.05) is 31.8 Å². The normalized spacial score (nSPS) is 26.4. The van der Waals surface area contributed by atoms with Gasteiger partial charge >= 0.3 is 0 Å². The monoisotopic (exact) mass is 382 g/mol. The van der Waals surface area contributed by atoms with Crippen molar-refractivity contribution in [3.8, 4) is 0 Å². The van der Waals surface area contributed by atoms with Crippen molar-refractivity contribution in [2.75, 3.05) is 26.0 Å². The Morgan fingerprint density at radius 3 is 2.54 bits per heavy atom. The van der Waals surface area contributed by atoms with Crippen LogP contribution in [-0.2, 0) is 14.8 Å². The topological polar surface area (TPSA) is 80.1 Å². The standard InChI is InChI=1S/C18H26N2O5S/c1-26(22,23)20(15-2-3-15)16-5-11-25-18(12-16)6-8-19(9-7-18)17(21)14-4-10-24-13-14/h4,10,13,15-16H,2-3,5-9,11-12H2,1H3. The number of nitrogens with zero attached hydrogens (tertiary/aromatic N) is 2. The first-order valence-corrected chi connectivity index (χ1v) is 11.2. The lowest BCUT2D eigenvalue weighted by Gasteiger charge is -2.48. The van der Waals surface area contributed by atoms with E-state index in [0.717, 1.165) is 38.5 Å². The molecule has 8 heteroatoms. The number of sulfonamides is 1. The number of hydrogen-bond donors (Lipinski definition) is 0. The van der Waals surface area contributed by atoms with E-state index in [4.69, 9.17) is 9.15 Å². The van der Waals surface area contributed by atoms with Gasteiger partial charge in [0.25, 0.3) is 5.91 Å². The Balaban J connectivity index is 1.42. The highest BCUT2D eigenvalue weighted by Crippen LogP contribution is 2.41. The van der Waals surface area contributed by atoms with E-state index in [-0.39, 0.29) is 23.6 Å². The first-order valence-electron chi connectivity index (χ1n) is 9.32. The van der Waals surface area contributed by atoms with Crippen LogP contribution in [0.3, 0.4) is 0 Å². The molecule has 144 valence electrons. The van der Waals surface area contributed by atoms with Crippen molar-refractivity contribution in [2.24, 2.45) is 0 Å². The van der Waals surface area contributed by atoms with Gasteiger partial charge in [-0.3, -0.25) is 4.79 Å². The minimum Gasteiger partial charge on any atom is -0.472 e. The molecule has 2 saturated heterocycles. The third-order valence-electron chi connectivity index (χ3n) is 5.85. The van der Waals surface area contributed by atoms with Crippen molar-refractivity contribution in [3.05, 3.63) is 24.2 Å². The van der Waals surface area contributed by atoms with Gasteiger partial charge in [-0.2, -0.15) is 4.31 Å². The van der Waals surface area contributed by atoms with Gasteiger partial charge in [-0.15, -0.1) is 0 Å². The van der Waals surface area contributed by atoms with Crippen molar-refractivity contribution in [1.82, 2.24) is 9.21 Å². The molecule has 3 fully saturated rings. The molecule has 3 aliphatic rings. The van der Waals surface area contributed by atoms with Crippen LogP contribution in [0.25, 0.3) is 0 Å². The highest BCUT2D eigenvalue weighted by Gasteiger charge is 2.47. The van der Waals surface area contributed by atoms with Crippen molar-refractivity contribution >= 4 is 15.9 Å². The Kier molecular flexibility index (Phi) is 4.61. The van der Waals surface area contributed by atoms with Crippen molar-refractivity contribution < 1.29 is 22.4 Å². The highest BCUT2D eigenvalue weighted by molar-refractivity contribution is 7.88. The third-order valence-corrected chi connectivity index (χ3v) is 7.21. The lowest BCUT2D eigenvalue weighted by atomic mass is 9.82. The minimum absolute atomic E-state index is 0.0161. The SMILES string of the molecule is CS(=O)(=O)N(C1CC1)C1CCOC2(CCN(C(=O)c3ccoc3)CC2)C1. The second kappa shape index (κ2) is 6.65. The molecule has 1 saturated carbocycles. The maximum absolute atomic E-state index is 12.5. The van der Waals surface area contributed by atoms with Gasteiger partial charge in [0.05, 0.1) is 23.7 Å². The van der Waals surface area contributed by atoms with E-state index >= 15 is 0 Å². The molecule has 1 aromatic heterocycles. The average molecular weight is 382 g/mol. The summed E-state index contributed by atoms with van der Waals surface area (Å²) in [5, 5.41) is 0. The molecular weight excluding hydrogens is 356 g/mol. The summed E-state index contributed by atoms with van der Waals surface area (Å²) in [5.41, 5.74) is 0.258. The number of carbonyl (C=O) groups is 1. The predicted molar refractivity (Wildman–Crippen MR) is 95.3 cm³/mol. The van der Waals surface area contributed by atoms with Gasteiger partial charge in [-0.1, -0.05) is 0 Å². The van der Waals surface area contributed by atoms with E-state index in [1.54, 1.807) is 10.4 Å². The van der Waals surface area contributed by atoms with Gasteiger partial charge in [0.1, 0.15) is 6.26 Å². The number of hydrogen-bond acceptors (Lipinski definition) is 5. The second-order valence-corrected chi connectivity index (χ2v) is 9.69. The smallest absolute Gasteiger partial charge is 0.257 e. The van der Waals surface area contributed by atoms with Crippen molar-refractivity contribution in [2.45, 2.75) is 56.2 Å². The summed E-state index contributed by atoms with van der Waals surface area (Å²) in [7, 11) is -3.21. The fourth-order valence-corrected chi connectivity index (χ4v) is 5.90. The first-order chi connectivity index (χ1) is 12.4. The summed E-state index contributed by atoms with van der Waals surface area (Å²) in [4.78, 5) is 14.3. The van der Waals surface area contributed by atoms with Crippen LogP contribution in [0.15, 0.2) is 23.0 Å². The summed E-state index contributed by atoms with van der Waals surface area (Å²) in [5.74, 6) is -0.0169. The molecule has 1 aromatic rings. The molecule has 1 atom stereocenters. The zero-order chi connectivity index (χ0) is 18.4. The van der Waals surface area contributed by atoms with E-state index in [0.29, 0.717) is 25.3 Å². The maximum atomic E-state index is 12.5. The zero-order valence-electron chi connectivity index (χ0n) is 15.1. The third kappa shape index (κ3) is 3.54. The van der Waals surface area contributed by atoms with E-state index in [1.165, 1.54) is 18.8 Å². The quantitative estimate of drug-likeness (QED) is 0.794. The number of rotatable bonds is 4. The van der Waals surface area contributed by atoms with E-state index in [2.05, 4.69) is 0 Å². The minimum atomic E-state index is -3.21. The Hall–Kier alpha value is -1.38. The van der Waals surface area contributed by atoms with Gasteiger partial charge in [0.15, 0.2) is 0 Å². The summed E-state index contributed by atoms with van der Waals surface area (Å²) in [6.45, 7) is 1.83. The molecule has 4 rings (SSSR count). The highest BCUT2D eigenvalue weighted by atomic mass is 32.2. The van der Waals surface area contributed by atoms with Gasteiger partial charge < -0.3 is 14.1 Å². The van der Waals surface area contributed by atoms with Crippen LogP contribution in [-0.4, -0.2) is 67.2 Å². The fraction of sp³-hybridized carbons (Fsp3) is 0.722. The van der Waals surface area contributed by atoms with E-state index < -0.39 is 10.0 Å². The van der Waals surface area contributed by atoms with E-state index in [9.17, 15) is 13.2 Å². The molecule has 1 amide bonds. The molecule has 0 N–H and O–H groups in total. The Morgan fingerprint density at radius 1 is 1.23 bits per heavy atom. The Bertz CT molecular complexity index is 749. The predicted octanol–water partition coefficient (Wildman–Crippen LogP) is 1.86. The van der Waals surface area contributed by atoms with Crippen LogP contribution >= 0.6 is 0 Å². The first kappa shape index (κ1) is 18.0.